The van der Waals surface area contributed by atoms with Crippen LogP contribution in [0.25, 0.3) is 5.57 Å². The number of benzene rings is 3. The van der Waals surface area contributed by atoms with Gasteiger partial charge in [0.1, 0.15) is 11.5 Å². The fourth-order valence-electron chi connectivity index (χ4n) is 3.84. The second-order valence-corrected chi connectivity index (χ2v) is 9.17. The lowest BCUT2D eigenvalue weighted by Gasteiger charge is -2.21. The summed E-state index contributed by atoms with van der Waals surface area (Å²) in [6, 6.07) is 20.8. The van der Waals surface area contributed by atoms with E-state index in [0.29, 0.717) is 16.9 Å². The number of rotatable bonds is 5. The first kappa shape index (κ1) is 22.5. The van der Waals surface area contributed by atoms with Gasteiger partial charge in [0.2, 0.25) is 0 Å². The number of carbonyl (C=O) groups excluding carboxylic acids is 2. The molecule has 0 aromatic heterocycles. The summed E-state index contributed by atoms with van der Waals surface area (Å²) < 4.78 is 13.5. The van der Waals surface area contributed by atoms with E-state index in [9.17, 15) is 14.0 Å². The first-order valence-corrected chi connectivity index (χ1v) is 11.0. The van der Waals surface area contributed by atoms with Crippen molar-refractivity contribution in [2.24, 2.45) is 0 Å². The zero-order chi connectivity index (χ0) is 23.8. The molecule has 3 aromatic rings. The standard InChI is InChI=1S/C28H27FN2O2/c1-5-18-6-14-22(15-7-18)30-25-24(19-8-12-21(29)13-9-19)26(32)31(27(25)33)23-16-10-20(11-17-23)28(2,3)4/h6-17,30H,5H2,1-4H3. The third kappa shape index (κ3) is 4.44. The van der Waals surface area contributed by atoms with Crippen molar-refractivity contribution in [3.05, 3.63) is 101 Å². The molecule has 0 aliphatic carbocycles. The third-order valence-electron chi connectivity index (χ3n) is 5.84. The maximum Gasteiger partial charge on any atom is 0.282 e. The normalized spacial score (nSPS) is 14.3. The maximum absolute atomic E-state index is 13.5. The number of nitrogens with zero attached hydrogens (tertiary/aromatic N) is 1. The Hall–Kier alpha value is -3.73. The minimum absolute atomic E-state index is 0.0492. The van der Waals surface area contributed by atoms with Crippen molar-refractivity contribution in [1.29, 1.82) is 0 Å². The number of amides is 2. The van der Waals surface area contributed by atoms with Gasteiger partial charge in [-0.25, -0.2) is 9.29 Å². The highest BCUT2D eigenvalue weighted by Crippen LogP contribution is 2.35. The molecule has 2 amide bonds. The molecule has 4 rings (SSSR count). The highest BCUT2D eigenvalue weighted by molar-refractivity contribution is 6.46. The second kappa shape index (κ2) is 8.66. The smallest absolute Gasteiger partial charge is 0.282 e. The Morgan fingerprint density at radius 2 is 1.42 bits per heavy atom. The average molecular weight is 443 g/mol. The summed E-state index contributed by atoms with van der Waals surface area (Å²) in [6.45, 7) is 8.39. The molecule has 1 aliphatic heterocycles. The monoisotopic (exact) mass is 442 g/mol. The Morgan fingerprint density at radius 3 is 1.97 bits per heavy atom. The van der Waals surface area contributed by atoms with E-state index in [2.05, 4.69) is 33.0 Å². The van der Waals surface area contributed by atoms with Gasteiger partial charge in [0.15, 0.2) is 0 Å². The van der Waals surface area contributed by atoms with Gasteiger partial charge in [-0.1, -0.05) is 64.1 Å². The van der Waals surface area contributed by atoms with Crippen molar-refractivity contribution < 1.29 is 14.0 Å². The molecule has 1 heterocycles. The van der Waals surface area contributed by atoms with Gasteiger partial charge in [-0.2, -0.15) is 0 Å². The van der Waals surface area contributed by atoms with Crippen molar-refractivity contribution in [3.8, 4) is 0 Å². The molecule has 0 atom stereocenters. The van der Waals surface area contributed by atoms with Crippen LogP contribution in [0.5, 0.6) is 0 Å². The Bertz CT molecular complexity index is 1220. The lowest BCUT2D eigenvalue weighted by atomic mass is 9.87. The minimum Gasteiger partial charge on any atom is -0.350 e. The lowest BCUT2D eigenvalue weighted by molar-refractivity contribution is -0.120. The van der Waals surface area contributed by atoms with E-state index in [1.54, 1.807) is 12.1 Å². The molecule has 3 aromatic carbocycles. The van der Waals surface area contributed by atoms with Crippen molar-refractivity contribution in [3.63, 3.8) is 0 Å². The summed E-state index contributed by atoms with van der Waals surface area (Å²) in [7, 11) is 0. The molecule has 168 valence electrons. The fraction of sp³-hybridized carbons (Fsp3) is 0.214. The number of halogens is 1. The SMILES string of the molecule is CCc1ccc(NC2=C(c3ccc(F)cc3)C(=O)N(c3ccc(C(C)(C)C)cc3)C2=O)cc1. The summed E-state index contributed by atoms with van der Waals surface area (Å²) >= 11 is 0. The van der Waals surface area contributed by atoms with Gasteiger partial charge in [0.05, 0.1) is 11.3 Å². The Morgan fingerprint density at radius 1 is 0.818 bits per heavy atom. The predicted molar refractivity (Wildman–Crippen MR) is 130 cm³/mol. The first-order chi connectivity index (χ1) is 15.7. The quantitative estimate of drug-likeness (QED) is 0.487. The Labute approximate surface area is 193 Å². The number of anilines is 2. The Balaban J connectivity index is 1.75. The zero-order valence-electron chi connectivity index (χ0n) is 19.3. The fourth-order valence-corrected chi connectivity index (χ4v) is 3.84. The largest absolute Gasteiger partial charge is 0.350 e. The summed E-state index contributed by atoms with van der Waals surface area (Å²) in [5.41, 5.74) is 4.30. The van der Waals surface area contributed by atoms with Crippen molar-refractivity contribution in [1.82, 2.24) is 0 Å². The molecule has 0 saturated heterocycles. The summed E-state index contributed by atoms with van der Waals surface area (Å²) in [5.74, 6) is -1.29. The second-order valence-electron chi connectivity index (χ2n) is 9.17. The zero-order valence-corrected chi connectivity index (χ0v) is 19.3. The van der Waals surface area contributed by atoms with E-state index < -0.39 is 17.6 Å². The van der Waals surface area contributed by atoms with Crippen molar-refractivity contribution >= 4 is 28.8 Å². The molecule has 1 aliphatic rings. The molecular formula is C28H27FN2O2. The highest BCUT2D eigenvalue weighted by Gasteiger charge is 2.40. The molecule has 4 nitrogen and oxygen atoms in total. The van der Waals surface area contributed by atoms with E-state index >= 15 is 0 Å². The van der Waals surface area contributed by atoms with E-state index in [-0.39, 0.29) is 16.7 Å². The molecular weight excluding hydrogens is 415 g/mol. The van der Waals surface area contributed by atoms with Crippen LogP contribution in [-0.2, 0) is 21.4 Å². The van der Waals surface area contributed by atoms with Gasteiger partial charge in [0.25, 0.3) is 11.8 Å². The number of aryl methyl sites for hydroxylation is 1. The van der Waals surface area contributed by atoms with Crippen molar-refractivity contribution in [2.45, 2.75) is 39.5 Å². The van der Waals surface area contributed by atoms with Crippen molar-refractivity contribution in [2.75, 3.05) is 10.2 Å². The molecule has 5 heteroatoms. The molecule has 0 fully saturated rings. The molecule has 0 unspecified atom stereocenters. The van der Waals surface area contributed by atoms with Crippen LogP contribution in [-0.4, -0.2) is 11.8 Å². The average Bonchev–Trinajstić information content (AvgIpc) is 3.04. The number of imide groups is 1. The molecule has 0 saturated carbocycles. The van der Waals surface area contributed by atoms with Crippen LogP contribution in [0.1, 0.15) is 44.4 Å². The van der Waals surface area contributed by atoms with E-state index in [4.69, 9.17) is 0 Å². The lowest BCUT2D eigenvalue weighted by Crippen LogP contribution is -2.32. The van der Waals surface area contributed by atoms with Crippen LogP contribution < -0.4 is 10.2 Å². The Kier molecular flexibility index (Phi) is 5.90. The molecule has 0 radical (unpaired) electrons. The summed E-state index contributed by atoms with van der Waals surface area (Å²) in [4.78, 5) is 28.2. The molecule has 33 heavy (non-hydrogen) atoms. The van der Waals surface area contributed by atoms with E-state index in [0.717, 1.165) is 12.0 Å². The number of nitrogens with one attached hydrogen (secondary N) is 1. The van der Waals surface area contributed by atoms with Crippen LogP contribution in [0.3, 0.4) is 0 Å². The van der Waals surface area contributed by atoms with Gasteiger partial charge >= 0.3 is 0 Å². The maximum atomic E-state index is 13.5. The van der Waals surface area contributed by atoms with Gasteiger partial charge in [-0.05, 0) is 64.9 Å². The number of carbonyl (C=O) groups is 2. The number of hydrogen-bond donors (Lipinski definition) is 1. The summed E-state index contributed by atoms with van der Waals surface area (Å²) in [5, 5.41) is 3.14. The van der Waals surface area contributed by atoms with Gasteiger partial charge in [-0.3, -0.25) is 9.59 Å². The van der Waals surface area contributed by atoms with E-state index in [1.165, 1.54) is 34.7 Å². The van der Waals surface area contributed by atoms with Crippen LogP contribution in [0.15, 0.2) is 78.5 Å². The first-order valence-electron chi connectivity index (χ1n) is 11.0. The van der Waals surface area contributed by atoms with Crippen LogP contribution >= 0.6 is 0 Å². The van der Waals surface area contributed by atoms with Gasteiger partial charge in [-0.15, -0.1) is 0 Å². The molecule has 1 N–H and O–H groups in total. The topological polar surface area (TPSA) is 49.4 Å². The van der Waals surface area contributed by atoms with Gasteiger partial charge < -0.3 is 5.32 Å². The van der Waals surface area contributed by atoms with E-state index in [1.807, 2.05) is 36.4 Å². The summed E-state index contributed by atoms with van der Waals surface area (Å²) in [6.07, 6.45) is 0.902. The predicted octanol–water partition coefficient (Wildman–Crippen LogP) is 6.08. The number of hydrogen-bond acceptors (Lipinski definition) is 3. The molecule has 0 bridgehead atoms. The van der Waals surface area contributed by atoms with Crippen LogP contribution in [0, 0.1) is 5.82 Å². The minimum atomic E-state index is -0.442. The van der Waals surface area contributed by atoms with Crippen LogP contribution in [0.2, 0.25) is 0 Å². The van der Waals surface area contributed by atoms with Gasteiger partial charge in [0, 0.05) is 5.69 Å². The highest BCUT2D eigenvalue weighted by atomic mass is 19.1. The third-order valence-corrected chi connectivity index (χ3v) is 5.84. The molecule has 0 spiro atoms. The van der Waals surface area contributed by atoms with Crippen LogP contribution in [0.4, 0.5) is 15.8 Å².